The molecule has 0 fully saturated rings. The van der Waals surface area contributed by atoms with Crippen molar-refractivity contribution in [3.63, 3.8) is 0 Å². The van der Waals surface area contributed by atoms with Crippen molar-refractivity contribution in [1.29, 1.82) is 0 Å². The second-order valence-corrected chi connectivity index (χ2v) is 7.78. The van der Waals surface area contributed by atoms with Gasteiger partial charge in [-0.2, -0.15) is 0 Å². The van der Waals surface area contributed by atoms with Crippen molar-refractivity contribution in [2.24, 2.45) is 0 Å². The fraction of sp³-hybridized carbons (Fsp3) is 0.625. The number of hydrogen-bond donors (Lipinski definition) is 6. The number of aliphatic carboxylic acids is 6. The molecule has 2 unspecified atom stereocenters. The molecule has 0 rings (SSSR count). The molecule has 2 atom stereocenters. The van der Waals surface area contributed by atoms with Crippen molar-refractivity contribution in [3.8, 4) is 0 Å². The zero-order valence-electron chi connectivity index (χ0n) is 21.7. The van der Waals surface area contributed by atoms with Crippen LogP contribution in [-0.4, -0.2) is 126 Å². The molecular weight excluding hydrogens is 617 g/mol. The van der Waals surface area contributed by atoms with Crippen molar-refractivity contribution in [3.05, 3.63) is 0 Å². The molecule has 0 aliphatic rings. The first kappa shape index (κ1) is 48.3. The van der Waals surface area contributed by atoms with Gasteiger partial charge in [-0.15, -0.1) is 24.2 Å². The fourth-order valence-corrected chi connectivity index (χ4v) is 2.74. The number of carboxylic acid groups (broad SMARTS) is 6. The van der Waals surface area contributed by atoms with Crippen LogP contribution in [0, 0.1) is 0 Å². The van der Waals surface area contributed by atoms with E-state index in [1.165, 1.54) is 13.8 Å². The molecule has 14 nitrogen and oxygen atoms in total. The van der Waals surface area contributed by atoms with E-state index in [4.69, 9.17) is 30.6 Å². The molecule has 0 radical (unpaired) electrons. The van der Waals surface area contributed by atoms with E-state index in [1.54, 1.807) is 0 Å². The number of carbonyl (C=O) groups is 6. The number of nitrogens with zero attached hydrogens (tertiary/aromatic N) is 2. The molecule has 0 amide bonds. The van der Waals surface area contributed by atoms with Gasteiger partial charge in [0, 0.05) is 39.3 Å². The third kappa shape index (κ3) is 32.2. The number of carboxylic acids is 6. The van der Waals surface area contributed by atoms with Crippen LogP contribution in [0.5, 0.6) is 0 Å². The Labute approximate surface area is 278 Å². The van der Waals surface area contributed by atoms with Crippen LogP contribution in [0.4, 0.5) is 0 Å². The summed E-state index contributed by atoms with van der Waals surface area (Å²) < 4.78 is 0. The van der Waals surface area contributed by atoms with Gasteiger partial charge in [0.05, 0.1) is 26.2 Å². The first-order chi connectivity index (χ1) is 14.1. The zero-order valence-corrected chi connectivity index (χ0v) is 27.8. The van der Waals surface area contributed by atoms with Crippen LogP contribution in [0.25, 0.3) is 0 Å². The Bertz CT molecular complexity index is 606. The molecule has 0 bridgehead atoms. The molecule has 0 aromatic rings. The van der Waals surface area contributed by atoms with Crippen molar-refractivity contribution in [2.45, 2.75) is 24.3 Å². The maximum atomic E-state index is 10.6. The third-order valence-corrected chi connectivity index (χ3v) is 4.49. The molecular formula is C16H29ClN2Na2O12SZr. The minimum Gasteiger partial charge on any atom is -1.00 e. The van der Waals surface area contributed by atoms with E-state index in [1.807, 2.05) is 0 Å². The van der Waals surface area contributed by atoms with Crippen LogP contribution in [0.3, 0.4) is 0 Å². The van der Waals surface area contributed by atoms with Gasteiger partial charge in [0.15, 0.2) is 0 Å². The standard InChI is InChI=1S/C10H16N2O8.C6H10O4S.ClH.2Na.Zr.2H/c13-7(14)3-11(4-8(15)16)1-2-12(5-9(17)18)6-10(19)20;1-3(5(7)8)11-4(2)6(9)10;;;;;;/h1-6H2,(H,13,14)(H,15,16)(H,17,18)(H,19,20);3-4H,1-2H3,(H,7,8)(H,9,10);1H;;;;;/q;;;2*+1;;2*-1. The molecule has 0 saturated carbocycles. The summed E-state index contributed by atoms with van der Waals surface area (Å²) in [6, 6.07) is 0. The van der Waals surface area contributed by atoms with E-state index in [2.05, 4.69) is 0 Å². The summed E-state index contributed by atoms with van der Waals surface area (Å²) in [5, 5.41) is 49.9. The van der Waals surface area contributed by atoms with Gasteiger partial charge in [-0.3, -0.25) is 38.6 Å². The second-order valence-electron chi connectivity index (χ2n) is 6.09. The van der Waals surface area contributed by atoms with Gasteiger partial charge in [0.1, 0.15) is 10.5 Å². The predicted octanol–water partition coefficient (Wildman–Crippen LogP) is -6.75. The number of halogens is 1. The SMILES string of the molecule is CC(SC(C)C(=O)O)C(=O)O.Cl.O=C(O)CN(CCN(CC(=O)O)CC(=O)O)CC(=O)O.[H-].[H-].[Na+].[Na+].[Zr]. The summed E-state index contributed by atoms with van der Waals surface area (Å²) in [6.07, 6.45) is 0. The van der Waals surface area contributed by atoms with E-state index in [0.717, 1.165) is 21.6 Å². The summed E-state index contributed by atoms with van der Waals surface area (Å²) in [7, 11) is 0. The monoisotopic (exact) mass is 644 g/mol. The maximum absolute atomic E-state index is 10.6. The van der Waals surface area contributed by atoms with Crippen molar-refractivity contribution in [1.82, 2.24) is 9.80 Å². The Morgan fingerprint density at radius 1 is 0.629 bits per heavy atom. The largest absolute Gasteiger partial charge is 1.00 e. The van der Waals surface area contributed by atoms with Crippen LogP contribution < -0.4 is 59.1 Å². The van der Waals surface area contributed by atoms with E-state index >= 15 is 0 Å². The average molecular weight is 646 g/mol. The summed E-state index contributed by atoms with van der Waals surface area (Å²) >= 11 is 0.917. The molecule has 0 aromatic heterocycles. The summed E-state index contributed by atoms with van der Waals surface area (Å²) in [6.45, 7) is 0.679. The Hall–Kier alpha value is 0.263. The van der Waals surface area contributed by atoms with Crippen LogP contribution >= 0.6 is 24.2 Å². The Morgan fingerprint density at radius 2 is 0.829 bits per heavy atom. The molecule has 0 saturated heterocycles. The first-order valence-electron chi connectivity index (χ1n) is 8.58. The van der Waals surface area contributed by atoms with Crippen LogP contribution in [0.2, 0.25) is 0 Å². The molecule has 6 N–H and O–H groups in total. The molecule has 0 aliphatic carbocycles. The minimum atomic E-state index is -1.23. The molecule has 0 spiro atoms. The normalized spacial score (nSPS) is 11.0. The maximum Gasteiger partial charge on any atom is 1.00 e. The van der Waals surface area contributed by atoms with Gasteiger partial charge >= 0.3 is 94.9 Å². The second kappa shape index (κ2) is 27.3. The Balaban J connectivity index is -0.0000000726. The number of hydrogen-bond acceptors (Lipinski definition) is 9. The first-order valence-corrected chi connectivity index (χ1v) is 9.52. The molecule has 0 heterocycles. The van der Waals surface area contributed by atoms with Gasteiger partial charge in [-0.1, -0.05) is 0 Å². The van der Waals surface area contributed by atoms with Crippen molar-refractivity contribution < 1.29 is 148 Å². The van der Waals surface area contributed by atoms with Crippen LogP contribution in [0.1, 0.15) is 16.7 Å². The molecule has 0 aliphatic heterocycles. The Kier molecular flexibility index (Phi) is 37.7. The number of thioether (sulfide) groups is 1. The van der Waals surface area contributed by atoms with Crippen LogP contribution in [-0.2, 0) is 55.0 Å². The topological polar surface area (TPSA) is 230 Å². The fourth-order valence-electron chi connectivity index (χ4n) is 1.90. The minimum absolute atomic E-state index is 0. The van der Waals surface area contributed by atoms with Gasteiger partial charge in [0.25, 0.3) is 0 Å². The summed E-state index contributed by atoms with van der Waals surface area (Å²) in [5.74, 6) is -6.88. The smallest absolute Gasteiger partial charge is 1.00 e. The van der Waals surface area contributed by atoms with Crippen molar-refractivity contribution >= 4 is 60.0 Å². The summed E-state index contributed by atoms with van der Waals surface area (Å²) in [4.78, 5) is 64.8. The van der Waals surface area contributed by atoms with E-state index in [0.29, 0.717) is 0 Å². The van der Waals surface area contributed by atoms with E-state index in [9.17, 15) is 28.8 Å². The Morgan fingerprint density at radius 3 is 0.971 bits per heavy atom. The van der Waals surface area contributed by atoms with Gasteiger partial charge < -0.3 is 33.5 Å². The van der Waals surface area contributed by atoms with Gasteiger partial charge in [0.2, 0.25) is 0 Å². The van der Waals surface area contributed by atoms with Crippen molar-refractivity contribution in [2.75, 3.05) is 39.3 Å². The quantitative estimate of drug-likeness (QED) is 0.0909. The predicted molar refractivity (Wildman–Crippen MR) is 115 cm³/mol. The molecule has 19 heteroatoms. The third-order valence-electron chi connectivity index (χ3n) is 3.27. The van der Waals surface area contributed by atoms with Gasteiger partial charge in [-0.25, -0.2) is 0 Å². The molecule has 194 valence electrons. The number of rotatable bonds is 15. The van der Waals surface area contributed by atoms with E-state index in [-0.39, 0.29) is 114 Å². The van der Waals surface area contributed by atoms with E-state index < -0.39 is 72.5 Å². The summed E-state index contributed by atoms with van der Waals surface area (Å²) in [5.41, 5.74) is 0. The van der Waals surface area contributed by atoms with Gasteiger partial charge in [-0.05, 0) is 13.8 Å². The average Bonchev–Trinajstić information content (AvgIpc) is 2.57. The zero-order chi connectivity index (χ0) is 24.7. The molecule has 0 aromatic carbocycles. The van der Waals surface area contributed by atoms with Crippen LogP contribution in [0.15, 0.2) is 0 Å². The molecule has 35 heavy (non-hydrogen) atoms.